The van der Waals surface area contributed by atoms with Crippen LogP contribution in [0.15, 0.2) is 17.5 Å². The number of imidazole rings is 1. The van der Waals surface area contributed by atoms with Crippen molar-refractivity contribution in [3.8, 4) is 0 Å². The maximum atomic E-state index is 13.0. The second-order valence-electron chi connectivity index (χ2n) is 8.53. The van der Waals surface area contributed by atoms with Crippen LogP contribution in [-0.4, -0.2) is 87.3 Å². The molecule has 4 atom stereocenters. The van der Waals surface area contributed by atoms with Gasteiger partial charge in [0.05, 0.1) is 18.8 Å². The average molecular weight is 554 g/mol. The van der Waals surface area contributed by atoms with Crippen molar-refractivity contribution in [2.75, 3.05) is 6.54 Å². The van der Waals surface area contributed by atoms with Gasteiger partial charge in [-0.3, -0.25) is 29.0 Å². The first-order valence-corrected chi connectivity index (χ1v) is 11.8. The standard InChI is InChI=1S/C21H35N11O7/c22-11(6-10-8-27-9-29-10)17(35)30-12(3-4-15(23)33)18(36)32-14(7-16(24)34)19(37)31-13(20(38)39)2-1-5-28-21(25)26/h8-9,11-14H,1-7,22H2,(H2,23,33)(H2,24,34)(H,27,29)(H,30,35)(H,31,37)(H,32,36)(H,38,39)(H4,25,26,28). The molecular formula is C21H35N11O7. The number of nitrogens with two attached hydrogens (primary N) is 5. The van der Waals surface area contributed by atoms with Gasteiger partial charge in [-0.05, 0) is 19.3 Å². The molecule has 15 N–H and O–H groups in total. The highest BCUT2D eigenvalue weighted by Crippen LogP contribution is 2.05. The number of carboxylic acids is 1. The Kier molecular flexibility index (Phi) is 13.4. The van der Waals surface area contributed by atoms with Crippen molar-refractivity contribution >= 4 is 41.5 Å². The summed E-state index contributed by atoms with van der Waals surface area (Å²) in [6.45, 7) is 0.104. The van der Waals surface area contributed by atoms with Crippen molar-refractivity contribution in [1.82, 2.24) is 25.9 Å². The Balaban J connectivity index is 2.96. The molecule has 4 unspecified atom stereocenters. The molecule has 1 aromatic rings. The molecule has 0 fully saturated rings. The van der Waals surface area contributed by atoms with E-state index in [0.717, 1.165) is 0 Å². The number of carbonyl (C=O) groups is 6. The molecule has 0 spiro atoms. The van der Waals surface area contributed by atoms with Crippen molar-refractivity contribution in [3.05, 3.63) is 18.2 Å². The van der Waals surface area contributed by atoms with Crippen molar-refractivity contribution in [3.63, 3.8) is 0 Å². The molecule has 1 aromatic heterocycles. The van der Waals surface area contributed by atoms with Gasteiger partial charge in [0.25, 0.3) is 0 Å². The molecule has 0 bridgehead atoms. The van der Waals surface area contributed by atoms with Gasteiger partial charge in [0.1, 0.15) is 18.1 Å². The van der Waals surface area contributed by atoms with E-state index >= 15 is 0 Å². The Morgan fingerprint density at radius 2 is 1.51 bits per heavy atom. The first-order chi connectivity index (χ1) is 18.3. The number of nitrogens with one attached hydrogen (secondary N) is 4. The SMILES string of the molecule is NC(=O)CCC(NC(=O)C(N)Cc1cnc[nH]1)C(=O)NC(CC(N)=O)C(=O)NC(CCCN=C(N)N)C(=O)O. The minimum absolute atomic E-state index is 0.0580. The van der Waals surface area contributed by atoms with E-state index in [0.29, 0.717) is 5.69 Å². The number of amides is 5. The van der Waals surface area contributed by atoms with Crippen LogP contribution in [0.1, 0.15) is 37.8 Å². The summed E-state index contributed by atoms with van der Waals surface area (Å²) in [6, 6.07) is -5.48. The summed E-state index contributed by atoms with van der Waals surface area (Å²) in [5, 5.41) is 16.3. The molecule has 18 heteroatoms. The highest BCUT2D eigenvalue weighted by molar-refractivity contribution is 5.96. The zero-order chi connectivity index (χ0) is 29.5. The topological polar surface area (TPSA) is 330 Å². The van der Waals surface area contributed by atoms with Crippen LogP contribution in [-0.2, 0) is 35.2 Å². The average Bonchev–Trinajstić information content (AvgIpc) is 3.35. The van der Waals surface area contributed by atoms with Crippen molar-refractivity contribution in [1.29, 1.82) is 0 Å². The van der Waals surface area contributed by atoms with E-state index in [-0.39, 0.29) is 44.6 Å². The largest absolute Gasteiger partial charge is 0.480 e. The van der Waals surface area contributed by atoms with Crippen LogP contribution in [0.25, 0.3) is 0 Å². The Morgan fingerprint density at radius 3 is 2.05 bits per heavy atom. The lowest BCUT2D eigenvalue weighted by Gasteiger charge is -2.24. The minimum Gasteiger partial charge on any atom is -0.480 e. The molecule has 0 radical (unpaired) electrons. The van der Waals surface area contributed by atoms with E-state index in [1.807, 2.05) is 0 Å². The van der Waals surface area contributed by atoms with Gasteiger partial charge in [0.15, 0.2) is 5.96 Å². The summed E-state index contributed by atoms with van der Waals surface area (Å²) in [4.78, 5) is 83.2. The van der Waals surface area contributed by atoms with Crippen molar-refractivity contribution in [2.45, 2.75) is 62.7 Å². The van der Waals surface area contributed by atoms with Gasteiger partial charge < -0.3 is 54.7 Å². The maximum Gasteiger partial charge on any atom is 0.326 e. The lowest BCUT2D eigenvalue weighted by Crippen LogP contribution is -2.58. The molecule has 5 amide bonds. The van der Waals surface area contributed by atoms with Gasteiger partial charge in [-0.15, -0.1) is 0 Å². The van der Waals surface area contributed by atoms with Gasteiger partial charge in [0.2, 0.25) is 29.5 Å². The third-order valence-electron chi connectivity index (χ3n) is 5.24. The van der Waals surface area contributed by atoms with Crippen LogP contribution in [0.3, 0.4) is 0 Å². The van der Waals surface area contributed by atoms with Gasteiger partial charge in [-0.25, -0.2) is 9.78 Å². The fourth-order valence-corrected chi connectivity index (χ4v) is 3.28. The second-order valence-corrected chi connectivity index (χ2v) is 8.53. The second kappa shape index (κ2) is 16.2. The minimum atomic E-state index is -1.60. The number of primary amides is 2. The number of H-pyrrole nitrogens is 1. The van der Waals surface area contributed by atoms with Crippen molar-refractivity contribution in [2.24, 2.45) is 33.7 Å². The number of carboxylic acid groups (broad SMARTS) is 1. The maximum absolute atomic E-state index is 13.0. The Hall–Kier alpha value is -4.74. The lowest BCUT2D eigenvalue weighted by molar-refractivity contribution is -0.142. The van der Waals surface area contributed by atoms with Gasteiger partial charge in [0, 0.05) is 31.3 Å². The van der Waals surface area contributed by atoms with Gasteiger partial charge >= 0.3 is 5.97 Å². The van der Waals surface area contributed by atoms with Crippen LogP contribution in [0.4, 0.5) is 0 Å². The number of hydrogen-bond acceptors (Lipinski definition) is 9. The van der Waals surface area contributed by atoms with Crippen LogP contribution >= 0.6 is 0 Å². The molecule has 1 heterocycles. The van der Waals surface area contributed by atoms with Gasteiger partial charge in [-0.2, -0.15) is 0 Å². The molecule has 39 heavy (non-hydrogen) atoms. The molecule has 18 nitrogen and oxygen atoms in total. The summed E-state index contributed by atoms with van der Waals surface area (Å²) in [5.74, 6) is -6.04. The Morgan fingerprint density at radius 1 is 0.897 bits per heavy atom. The number of aliphatic imine (C=N–C) groups is 1. The summed E-state index contributed by atoms with van der Waals surface area (Å²) >= 11 is 0. The van der Waals surface area contributed by atoms with Crippen LogP contribution < -0.4 is 44.6 Å². The summed E-state index contributed by atoms with van der Waals surface area (Å²) in [7, 11) is 0. The Labute approximate surface area is 222 Å². The molecule has 0 saturated carbocycles. The van der Waals surface area contributed by atoms with Crippen molar-refractivity contribution < 1.29 is 33.9 Å². The van der Waals surface area contributed by atoms with E-state index in [1.54, 1.807) is 0 Å². The third-order valence-corrected chi connectivity index (χ3v) is 5.24. The summed E-state index contributed by atoms with van der Waals surface area (Å²) < 4.78 is 0. The molecule has 1 rings (SSSR count). The van der Waals surface area contributed by atoms with E-state index < -0.39 is 66.1 Å². The highest BCUT2D eigenvalue weighted by Gasteiger charge is 2.31. The third kappa shape index (κ3) is 12.9. The summed E-state index contributed by atoms with van der Waals surface area (Å²) in [6.07, 6.45) is 1.79. The highest BCUT2D eigenvalue weighted by atomic mass is 16.4. The molecule has 216 valence electrons. The van der Waals surface area contributed by atoms with E-state index in [2.05, 4.69) is 30.9 Å². The number of aromatic amines is 1. The number of nitrogens with zero attached hydrogens (tertiary/aromatic N) is 2. The normalized spacial score (nSPS) is 13.7. The fraction of sp³-hybridized carbons (Fsp3) is 0.524. The molecule has 0 aromatic carbocycles. The fourth-order valence-electron chi connectivity index (χ4n) is 3.28. The first kappa shape index (κ1) is 32.3. The van der Waals surface area contributed by atoms with E-state index in [1.165, 1.54) is 12.5 Å². The van der Waals surface area contributed by atoms with Gasteiger partial charge in [-0.1, -0.05) is 0 Å². The number of guanidine groups is 1. The van der Waals surface area contributed by atoms with E-state index in [4.69, 9.17) is 28.7 Å². The quantitative estimate of drug-likeness (QED) is 0.0466. The predicted molar refractivity (Wildman–Crippen MR) is 136 cm³/mol. The number of aliphatic carboxylic acids is 1. The smallest absolute Gasteiger partial charge is 0.326 e. The number of hydrogen-bond donors (Lipinski definition) is 10. The molecule has 0 saturated heterocycles. The lowest BCUT2D eigenvalue weighted by atomic mass is 10.1. The molecule has 0 aliphatic carbocycles. The molecular weight excluding hydrogens is 518 g/mol. The summed E-state index contributed by atoms with van der Waals surface area (Å²) in [5.41, 5.74) is 27.2. The number of carbonyl (C=O) groups excluding carboxylic acids is 5. The van der Waals surface area contributed by atoms with E-state index in [9.17, 15) is 33.9 Å². The molecule has 0 aliphatic rings. The number of rotatable bonds is 18. The zero-order valence-electron chi connectivity index (χ0n) is 21.1. The van der Waals surface area contributed by atoms with Crippen LogP contribution in [0.2, 0.25) is 0 Å². The zero-order valence-corrected chi connectivity index (χ0v) is 21.1. The van der Waals surface area contributed by atoms with Crippen LogP contribution in [0.5, 0.6) is 0 Å². The Bertz CT molecular complexity index is 1040. The predicted octanol–water partition coefficient (Wildman–Crippen LogP) is -4.99. The monoisotopic (exact) mass is 553 g/mol. The number of aromatic nitrogens is 2. The molecule has 0 aliphatic heterocycles. The first-order valence-electron chi connectivity index (χ1n) is 11.8. The van der Waals surface area contributed by atoms with Crippen LogP contribution in [0, 0.1) is 0 Å².